The molecule has 0 unspecified atom stereocenters. The number of fused-ring (bicyclic) bond motifs is 6. The number of nitrogens with one attached hydrogen (secondary N) is 2. The number of benzene rings is 2. The molecule has 2 N–H and O–H groups in total. The highest BCUT2D eigenvalue weighted by molar-refractivity contribution is 7.60. The standard InChI is InChI=1S/C52H65N7O7.5H2S/c1-8-44(60)57-24-21-36(30-57)49(62)56(7)46(32(3)4)48(61)54-41-27-33-14-10-15-34(26-33)35-19-20-42-38(28-35)39(29-52(5,6)31-66-51(64)40-17-12-23-59(55-40)50(41)63)47(58(42)9-2)37-16-11-22-53-45(37)43-18-13-25-65-43;;;;;/h8,10-11,14-16,19-20,22,26,28,32,36,40-41,43,46,55H,1,9,12-13,17-18,21,23-25,27,29-31H2,2-7H3,(H,54,61);5*1H2/t36-,40-,41-,43-,46-;;;;;/m0...../s1. The van der Waals surface area contributed by atoms with Crippen LogP contribution in [0.15, 0.2) is 73.4 Å². The molecule has 3 saturated heterocycles. The molecule has 4 amide bonds. The number of hydrazine groups is 1. The van der Waals surface area contributed by atoms with Crippen LogP contribution in [0.5, 0.6) is 0 Å². The molecule has 6 heterocycles. The maximum atomic E-state index is 14.7. The Bertz CT molecular complexity index is 2530. The van der Waals surface area contributed by atoms with Gasteiger partial charge in [0, 0.05) is 74.3 Å². The molecule has 14 nitrogen and oxygen atoms in total. The maximum absolute atomic E-state index is 14.7. The van der Waals surface area contributed by atoms with E-state index in [9.17, 15) is 24.0 Å². The number of rotatable bonds is 9. The predicted octanol–water partition coefficient (Wildman–Crippen LogP) is 6.97. The Hall–Kier alpha value is -4.11. The first-order valence-electron chi connectivity index (χ1n) is 23.7. The molecular weight excluding hydrogens is 995 g/mol. The summed E-state index contributed by atoms with van der Waals surface area (Å²) in [5.41, 5.74) is 10.8. The Kier molecular flexibility index (Phi) is 22.6. The number of aryl methyl sites for hydroxylation is 1. The van der Waals surface area contributed by atoms with Crippen LogP contribution in [0.1, 0.15) is 89.6 Å². The minimum atomic E-state index is -1.04. The van der Waals surface area contributed by atoms with E-state index >= 15 is 0 Å². The van der Waals surface area contributed by atoms with Crippen molar-refractivity contribution in [3.63, 3.8) is 0 Å². The number of hydrogen-bond acceptors (Lipinski definition) is 9. The summed E-state index contributed by atoms with van der Waals surface area (Å²) in [6.45, 7) is 16.3. The number of likely N-dealkylation sites (tertiary alicyclic amines) is 1. The van der Waals surface area contributed by atoms with E-state index in [1.165, 1.54) is 16.0 Å². The first-order chi connectivity index (χ1) is 31.7. The van der Waals surface area contributed by atoms with E-state index in [1.807, 2.05) is 38.2 Å². The Balaban J connectivity index is 0.00000266. The molecule has 0 aliphatic carbocycles. The molecule has 8 rings (SSSR count). The molecule has 19 heteroatoms. The van der Waals surface area contributed by atoms with Crippen molar-refractivity contribution in [2.45, 2.75) is 110 Å². The van der Waals surface area contributed by atoms with Crippen molar-refractivity contribution in [3.05, 3.63) is 90.3 Å². The number of ether oxygens (including phenoxy) is 2. The van der Waals surface area contributed by atoms with Crippen LogP contribution in [0.2, 0.25) is 0 Å². The van der Waals surface area contributed by atoms with Crippen LogP contribution in [0.3, 0.4) is 0 Å². The van der Waals surface area contributed by atoms with Crippen molar-refractivity contribution >= 4 is 108 Å². The van der Waals surface area contributed by atoms with Gasteiger partial charge in [0.25, 0.3) is 5.91 Å². The fourth-order valence-electron chi connectivity index (χ4n) is 10.5. The van der Waals surface area contributed by atoms with Crippen molar-refractivity contribution < 1.29 is 33.4 Å². The Morgan fingerprint density at radius 2 is 1.72 bits per heavy atom. The van der Waals surface area contributed by atoms with Crippen LogP contribution >= 0.6 is 67.5 Å². The monoisotopic (exact) mass is 1070 g/mol. The zero-order valence-corrected chi connectivity index (χ0v) is 46.8. The summed E-state index contributed by atoms with van der Waals surface area (Å²) in [6, 6.07) is 16.1. The number of amides is 4. The van der Waals surface area contributed by atoms with Gasteiger partial charge in [0.05, 0.1) is 23.9 Å². The van der Waals surface area contributed by atoms with Gasteiger partial charge in [0.1, 0.15) is 24.2 Å². The number of nitrogens with zero attached hydrogens (tertiary/aromatic N) is 5. The molecule has 5 atom stereocenters. The molecule has 2 aromatic carbocycles. The highest BCUT2D eigenvalue weighted by Crippen LogP contribution is 2.43. The highest BCUT2D eigenvalue weighted by Gasteiger charge is 2.40. The SMILES string of the molecule is C=CC(=O)N1CC[C@H](C(=O)N(C)[C@H](C(=O)N[C@H]2Cc3cccc(c3)-c3ccc4c(c3)c(c(-c3cccnc3[C@@H]3CCCO3)n4CC)CC(C)(C)COC(=O)[C@@H]3CCCN(N3)C2=O)C(C)C)C1.S.S.S.S.S. The second-order valence-electron chi connectivity index (χ2n) is 19.6. The average Bonchev–Trinajstić information content (AvgIpc) is 4.10. The maximum Gasteiger partial charge on any atom is 0.324 e. The van der Waals surface area contributed by atoms with Crippen LogP contribution in [-0.4, -0.2) is 112 Å². The van der Waals surface area contributed by atoms with Crippen molar-refractivity contribution in [1.82, 2.24) is 35.1 Å². The molecule has 2 aromatic heterocycles. The molecule has 4 aliphatic rings. The zero-order chi connectivity index (χ0) is 46.9. The first-order valence-corrected chi connectivity index (χ1v) is 23.7. The van der Waals surface area contributed by atoms with Gasteiger partial charge in [-0.25, -0.2) is 5.43 Å². The van der Waals surface area contributed by atoms with E-state index in [0.29, 0.717) is 45.4 Å². The van der Waals surface area contributed by atoms with Crippen LogP contribution in [0.25, 0.3) is 33.3 Å². The molecule has 71 heavy (non-hydrogen) atoms. The Morgan fingerprint density at radius 3 is 2.41 bits per heavy atom. The Labute approximate surface area is 454 Å². The number of esters is 1. The van der Waals surface area contributed by atoms with Crippen LogP contribution in [0, 0.1) is 17.3 Å². The number of carbonyl (C=O) groups is 5. The minimum absolute atomic E-state index is 0. The van der Waals surface area contributed by atoms with Gasteiger partial charge >= 0.3 is 5.97 Å². The molecule has 0 saturated carbocycles. The molecular formula is C52H75N7O7S5. The lowest BCUT2D eigenvalue weighted by Crippen LogP contribution is -2.62. The lowest BCUT2D eigenvalue weighted by atomic mass is 9.84. The fourth-order valence-corrected chi connectivity index (χ4v) is 10.5. The molecule has 4 aromatic rings. The molecule has 390 valence electrons. The average molecular weight is 1070 g/mol. The van der Waals surface area contributed by atoms with Crippen molar-refractivity contribution in [3.8, 4) is 22.4 Å². The minimum Gasteiger partial charge on any atom is -0.464 e. The number of likely N-dealkylation sites (N-methyl/N-ethyl adjacent to an activating group) is 1. The predicted molar refractivity (Wildman–Crippen MR) is 304 cm³/mol. The smallest absolute Gasteiger partial charge is 0.324 e. The van der Waals surface area contributed by atoms with Crippen LogP contribution < -0.4 is 10.7 Å². The van der Waals surface area contributed by atoms with E-state index in [2.05, 4.69) is 79.1 Å². The van der Waals surface area contributed by atoms with Crippen molar-refractivity contribution in [2.24, 2.45) is 17.3 Å². The van der Waals surface area contributed by atoms with Gasteiger partial charge in [-0.15, -0.1) is 0 Å². The van der Waals surface area contributed by atoms with Crippen molar-refractivity contribution in [2.75, 3.05) is 39.9 Å². The van der Waals surface area contributed by atoms with Gasteiger partial charge in [0.2, 0.25) is 17.7 Å². The molecule has 4 aliphatic heterocycles. The second kappa shape index (κ2) is 26.2. The third kappa shape index (κ3) is 13.2. The zero-order valence-electron chi connectivity index (χ0n) is 41.8. The van der Waals surface area contributed by atoms with Gasteiger partial charge in [0.15, 0.2) is 0 Å². The van der Waals surface area contributed by atoms with E-state index in [1.54, 1.807) is 11.9 Å². The summed E-state index contributed by atoms with van der Waals surface area (Å²) in [6.07, 6.45) is 7.16. The lowest BCUT2D eigenvalue weighted by molar-refractivity contribution is -0.155. The molecule has 0 spiro atoms. The summed E-state index contributed by atoms with van der Waals surface area (Å²) in [5, 5.41) is 5.61. The normalized spacial score (nSPS) is 21.2. The largest absolute Gasteiger partial charge is 0.464 e. The van der Waals surface area contributed by atoms with Gasteiger partial charge in [-0.05, 0) is 104 Å². The van der Waals surface area contributed by atoms with Gasteiger partial charge in [-0.1, -0.05) is 64.6 Å². The van der Waals surface area contributed by atoms with Gasteiger partial charge in [-0.3, -0.25) is 34.0 Å². The third-order valence-electron chi connectivity index (χ3n) is 13.8. The van der Waals surface area contributed by atoms with Crippen molar-refractivity contribution in [1.29, 1.82) is 0 Å². The van der Waals surface area contributed by atoms with E-state index in [4.69, 9.17) is 14.5 Å². The topological polar surface area (TPSA) is 155 Å². The molecule has 6 bridgehead atoms. The molecule has 3 fully saturated rings. The van der Waals surface area contributed by atoms with E-state index in [0.717, 1.165) is 69.5 Å². The first kappa shape index (κ1) is 61.2. The molecule has 0 radical (unpaired) electrons. The number of pyridine rings is 1. The summed E-state index contributed by atoms with van der Waals surface area (Å²) < 4.78 is 14.7. The number of carbonyl (C=O) groups excluding carboxylic acids is 5. The summed E-state index contributed by atoms with van der Waals surface area (Å²) >= 11 is 0. The van der Waals surface area contributed by atoms with Gasteiger partial charge < -0.3 is 29.2 Å². The van der Waals surface area contributed by atoms with E-state index < -0.39 is 47.2 Å². The number of cyclic esters (lactones) is 1. The Morgan fingerprint density at radius 1 is 0.972 bits per heavy atom. The second-order valence-corrected chi connectivity index (χ2v) is 19.6. The van der Waals surface area contributed by atoms with Gasteiger partial charge in [-0.2, -0.15) is 67.5 Å². The number of aromatic nitrogens is 2. The summed E-state index contributed by atoms with van der Waals surface area (Å²) in [4.78, 5) is 77.4. The fraction of sp³-hybridized carbons (Fsp3) is 0.500. The summed E-state index contributed by atoms with van der Waals surface area (Å²) in [5.74, 6) is -2.53. The van der Waals surface area contributed by atoms with E-state index in [-0.39, 0.29) is 111 Å². The highest BCUT2D eigenvalue weighted by atomic mass is 32.1. The number of hydrogen-bond donors (Lipinski definition) is 2. The lowest BCUT2D eigenvalue weighted by Gasteiger charge is -2.37. The third-order valence-corrected chi connectivity index (χ3v) is 13.8. The summed E-state index contributed by atoms with van der Waals surface area (Å²) in [7, 11) is 1.61. The van der Waals surface area contributed by atoms with Crippen LogP contribution in [-0.2, 0) is 52.8 Å². The quantitative estimate of drug-likeness (QED) is 0.134. The van der Waals surface area contributed by atoms with Crippen LogP contribution in [0.4, 0.5) is 0 Å².